The van der Waals surface area contributed by atoms with Gasteiger partial charge in [-0.3, -0.25) is 0 Å². The molecule has 0 saturated heterocycles. The molecule has 0 heterocycles. The molecule has 0 saturated carbocycles. The van der Waals surface area contributed by atoms with Crippen molar-refractivity contribution in [1.29, 1.82) is 0 Å². The van der Waals surface area contributed by atoms with Gasteiger partial charge in [0, 0.05) is 11.6 Å². The molecule has 0 aromatic heterocycles. The topological polar surface area (TPSA) is 18.5 Å². The van der Waals surface area contributed by atoms with Crippen LogP contribution in [-0.2, 0) is 0 Å². The number of ether oxygens (including phenoxy) is 2. The molecule has 2 rings (SSSR count). The van der Waals surface area contributed by atoms with E-state index < -0.39 is 17.0 Å². The highest BCUT2D eigenvalue weighted by molar-refractivity contribution is 6.22. The van der Waals surface area contributed by atoms with Crippen LogP contribution in [0.5, 0.6) is 11.5 Å². The maximum atomic E-state index is 13.3. The van der Waals surface area contributed by atoms with Crippen LogP contribution in [0.15, 0.2) is 36.4 Å². The van der Waals surface area contributed by atoms with E-state index >= 15 is 0 Å². The third-order valence-electron chi connectivity index (χ3n) is 2.95. The highest BCUT2D eigenvalue weighted by Gasteiger charge is 2.18. The van der Waals surface area contributed by atoms with Crippen molar-refractivity contribution in [1.82, 2.24) is 0 Å². The molecular weight excluding hydrogens is 286 g/mol. The first kappa shape index (κ1) is 14.6. The van der Waals surface area contributed by atoms with Crippen LogP contribution in [0.4, 0.5) is 8.78 Å². The fourth-order valence-electron chi connectivity index (χ4n) is 1.88. The van der Waals surface area contributed by atoms with Gasteiger partial charge in [0.1, 0.15) is 11.5 Å². The molecule has 0 radical (unpaired) electrons. The molecule has 0 N–H and O–H groups in total. The first-order valence-corrected chi connectivity index (χ1v) is 6.31. The van der Waals surface area contributed by atoms with Gasteiger partial charge in [0.2, 0.25) is 0 Å². The van der Waals surface area contributed by atoms with Crippen molar-refractivity contribution in [2.24, 2.45) is 0 Å². The van der Waals surface area contributed by atoms with E-state index in [4.69, 9.17) is 21.1 Å². The molecule has 2 aromatic carbocycles. The van der Waals surface area contributed by atoms with Crippen molar-refractivity contribution in [2.45, 2.75) is 5.38 Å². The second kappa shape index (κ2) is 6.09. The van der Waals surface area contributed by atoms with Gasteiger partial charge in [-0.25, -0.2) is 8.78 Å². The molecule has 1 unspecified atom stereocenters. The molecule has 0 spiro atoms. The van der Waals surface area contributed by atoms with E-state index in [1.807, 2.05) is 0 Å². The van der Waals surface area contributed by atoms with Gasteiger partial charge in [-0.15, -0.1) is 11.6 Å². The quantitative estimate of drug-likeness (QED) is 0.783. The van der Waals surface area contributed by atoms with Crippen molar-refractivity contribution in [3.05, 3.63) is 59.2 Å². The Morgan fingerprint density at radius 1 is 0.950 bits per heavy atom. The van der Waals surface area contributed by atoms with Crippen molar-refractivity contribution in [2.75, 3.05) is 14.2 Å². The summed E-state index contributed by atoms with van der Waals surface area (Å²) in [5.41, 5.74) is 1.11. The monoisotopic (exact) mass is 298 g/mol. The Balaban J connectivity index is 2.41. The largest absolute Gasteiger partial charge is 0.497 e. The predicted molar refractivity (Wildman–Crippen MR) is 73.6 cm³/mol. The van der Waals surface area contributed by atoms with Crippen LogP contribution >= 0.6 is 11.6 Å². The zero-order chi connectivity index (χ0) is 14.7. The molecule has 0 aliphatic heterocycles. The van der Waals surface area contributed by atoms with Crippen molar-refractivity contribution >= 4 is 11.6 Å². The Bertz CT molecular complexity index is 617. The van der Waals surface area contributed by atoms with Crippen LogP contribution in [0, 0.1) is 11.6 Å². The normalized spacial score (nSPS) is 12.1. The van der Waals surface area contributed by atoms with E-state index in [1.165, 1.54) is 13.2 Å². The molecule has 5 heteroatoms. The van der Waals surface area contributed by atoms with Crippen LogP contribution < -0.4 is 9.47 Å². The standard InChI is InChI=1S/C15H13ClF2O2/c1-19-10-4-5-11(14(8-10)20-2)15(16)9-3-6-12(17)13(18)7-9/h3-8,15H,1-2H3. The third kappa shape index (κ3) is 2.85. The van der Waals surface area contributed by atoms with Crippen LogP contribution in [0.1, 0.15) is 16.5 Å². The molecule has 2 nitrogen and oxygen atoms in total. The second-order valence-corrected chi connectivity index (χ2v) is 4.58. The smallest absolute Gasteiger partial charge is 0.159 e. The minimum absolute atomic E-state index is 0.453. The average molecular weight is 299 g/mol. The zero-order valence-electron chi connectivity index (χ0n) is 11.0. The summed E-state index contributed by atoms with van der Waals surface area (Å²) in [7, 11) is 3.05. The number of methoxy groups -OCH3 is 2. The fraction of sp³-hybridized carbons (Fsp3) is 0.200. The van der Waals surface area contributed by atoms with Gasteiger partial charge >= 0.3 is 0 Å². The molecule has 2 aromatic rings. The molecule has 0 bridgehead atoms. The number of rotatable bonds is 4. The Morgan fingerprint density at radius 3 is 2.30 bits per heavy atom. The molecular formula is C15H13ClF2O2. The molecule has 0 fully saturated rings. The van der Waals surface area contributed by atoms with Gasteiger partial charge in [0.15, 0.2) is 11.6 Å². The summed E-state index contributed by atoms with van der Waals surface area (Å²) in [5.74, 6) is -0.686. The molecule has 0 amide bonds. The summed E-state index contributed by atoms with van der Waals surface area (Å²) in [6, 6.07) is 8.72. The van der Waals surface area contributed by atoms with E-state index in [-0.39, 0.29) is 0 Å². The summed E-state index contributed by atoms with van der Waals surface area (Å²) in [5, 5.41) is -0.647. The van der Waals surface area contributed by atoms with Crippen LogP contribution in [-0.4, -0.2) is 14.2 Å². The maximum absolute atomic E-state index is 13.3. The van der Waals surface area contributed by atoms with Crippen molar-refractivity contribution in [3.63, 3.8) is 0 Å². The van der Waals surface area contributed by atoms with Gasteiger partial charge in [0.05, 0.1) is 19.6 Å². The predicted octanol–water partition coefficient (Wildman–Crippen LogP) is 4.31. The van der Waals surface area contributed by atoms with Gasteiger partial charge in [-0.2, -0.15) is 0 Å². The van der Waals surface area contributed by atoms with Crippen molar-refractivity contribution in [3.8, 4) is 11.5 Å². The van der Waals surface area contributed by atoms with Crippen LogP contribution in [0.25, 0.3) is 0 Å². The van der Waals surface area contributed by atoms with Crippen molar-refractivity contribution < 1.29 is 18.3 Å². The Kier molecular flexibility index (Phi) is 4.45. The number of alkyl halides is 1. The van der Waals surface area contributed by atoms with Gasteiger partial charge in [-0.05, 0) is 29.8 Å². The lowest BCUT2D eigenvalue weighted by Crippen LogP contribution is -1.99. The molecule has 0 aliphatic carbocycles. The molecule has 1 atom stereocenters. The van der Waals surface area contributed by atoms with Crippen LogP contribution in [0.2, 0.25) is 0 Å². The first-order chi connectivity index (χ1) is 9.56. The highest BCUT2D eigenvalue weighted by Crippen LogP contribution is 2.37. The average Bonchev–Trinajstić information content (AvgIpc) is 2.48. The van der Waals surface area contributed by atoms with Gasteiger partial charge in [-0.1, -0.05) is 6.07 Å². The first-order valence-electron chi connectivity index (χ1n) is 5.87. The minimum atomic E-state index is -0.930. The Labute approximate surface area is 120 Å². The number of hydrogen-bond acceptors (Lipinski definition) is 2. The van der Waals surface area contributed by atoms with E-state index in [1.54, 1.807) is 25.3 Å². The van der Waals surface area contributed by atoms with Gasteiger partial charge < -0.3 is 9.47 Å². The molecule has 20 heavy (non-hydrogen) atoms. The number of hydrogen-bond donors (Lipinski definition) is 0. The van der Waals surface area contributed by atoms with E-state index in [9.17, 15) is 8.78 Å². The molecule has 0 aliphatic rings. The lowest BCUT2D eigenvalue weighted by molar-refractivity contribution is 0.391. The maximum Gasteiger partial charge on any atom is 0.159 e. The van der Waals surface area contributed by atoms with E-state index in [0.29, 0.717) is 22.6 Å². The minimum Gasteiger partial charge on any atom is -0.497 e. The van der Waals surface area contributed by atoms with Crippen LogP contribution in [0.3, 0.4) is 0 Å². The number of halogens is 3. The third-order valence-corrected chi connectivity index (χ3v) is 3.44. The van der Waals surface area contributed by atoms with E-state index in [0.717, 1.165) is 12.1 Å². The summed E-state index contributed by atoms with van der Waals surface area (Å²) in [6.45, 7) is 0. The highest BCUT2D eigenvalue weighted by atomic mass is 35.5. The summed E-state index contributed by atoms with van der Waals surface area (Å²) in [4.78, 5) is 0. The summed E-state index contributed by atoms with van der Waals surface area (Å²) < 4.78 is 36.6. The summed E-state index contributed by atoms with van der Waals surface area (Å²) in [6.07, 6.45) is 0. The summed E-state index contributed by atoms with van der Waals surface area (Å²) >= 11 is 6.33. The Morgan fingerprint density at radius 2 is 1.70 bits per heavy atom. The molecule has 106 valence electrons. The second-order valence-electron chi connectivity index (χ2n) is 4.14. The Hall–Kier alpha value is -1.81. The number of benzene rings is 2. The SMILES string of the molecule is COc1ccc(C(Cl)c2ccc(F)c(F)c2)c(OC)c1. The lowest BCUT2D eigenvalue weighted by atomic mass is 10.0. The van der Waals surface area contributed by atoms with E-state index in [2.05, 4.69) is 0 Å². The lowest BCUT2D eigenvalue weighted by Gasteiger charge is -2.15. The van der Waals surface area contributed by atoms with Gasteiger partial charge in [0.25, 0.3) is 0 Å². The zero-order valence-corrected chi connectivity index (χ0v) is 11.7. The fourth-order valence-corrected chi connectivity index (χ4v) is 2.19.